The molecule has 1 N–H and O–H groups in total. The van der Waals surface area contributed by atoms with Gasteiger partial charge >= 0.3 is 6.18 Å². The van der Waals surface area contributed by atoms with Gasteiger partial charge in [0.05, 0.1) is 22.3 Å². The molecule has 19 heavy (non-hydrogen) atoms. The van der Waals surface area contributed by atoms with Crippen LogP contribution < -0.4 is 0 Å². The maximum absolute atomic E-state index is 12.4. The Hall–Kier alpha value is -0.560. The van der Waals surface area contributed by atoms with Gasteiger partial charge in [0.1, 0.15) is 0 Å². The SMILES string of the molecule is OCCCN(Cc1ncc(Cl)cc1Cl)CC(F)(F)F. The summed E-state index contributed by atoms with van der Waals surface area (Å²) in [6.07, 6.45) is -2.73. The van der Waals surface area contributed by atoms with Crippen molar-refractivity contribution in [2.75, 3.05) is 19.7 Å². The number of aliphatic hydroxyl groups is 1. The van der Waals surface area contributed by atoms with Crippen molar-refractivity contribution < 1.29 is 18.3 Å². The number of aliphatic hydroxyl groups excluding tert-OH is 1. The van der Waals surface area contributed by atoms with Crippen molar-refractivity contribution in [1.82, 2.24) is 9.88 Å². The van der Waals surface area contributed by atoms with E-state index in [0.717, 1.165) is 4.90 Å². The zero-order chi connectivity index (χ0) is 14.5. The summed E-state index contributed by atoms with van der Waals surface area (Å²) in [5, 5.41) is 9.25. The second kappa shape index (κ2) is 7.28. The van der Waals surface area contributed by atoms with Crippen LogP contribution in [0, 0.1) is 0 Å². The number of aromatic nitrogens is 1. The molecule has 1 heterocycles. The zero-order valence-electron chi connectivity index (χ0n) is 9.92. The van der Waals surface area contributed by atoms with Gasteiger partial charge in [-0.15, -0.1) is 0 Å². The lowest BCUT2D eigenvalue weighted by molar-refractivity contribution is -0.147. The maximum atomic E-state index is 12.4. The summed E-state index contributed by atoms with van der Waals surface area (Å²) in [7, 11) is 0. The molecule has 0 fully saturated rings. The molecule has 0 saturated carbocycles. The van der Waals surface area contributed by atoms with Crippen LogP contribution in [-0.4, -0.2) is 40.9 Å². The Balaban J connectivity index is 2.75. The largest absolute Gasteiger partial charge is 0.401 e. The molecule has 0 atom stereocenters. The minimum absolute atomic E-state index is 0.0461. The molecule has 0 unspecified atom stereocenters. The van der Waals surface area contributed by atoms with Gasteiger partial charge < -0.3 is 5.11 Å². The molecule has 0 aromatic carbocycles. The lowest BCUT2D eigenvalue weighted by atomic mass is 10.3. The Morgan fingerprint density at radius 1 is 1.32 bits per heavy atom. The number of nitrogens with zero attached hydrogens (tertiary/aromatic N) is 2. The number of rotatable bonds is 6. The first-order valence-corrected chi connectivity index (χ1v) is 6.27. The number of alkyl halides is 3. The van der Waals surface area contributed by atoms with Crippen molar-refractivity contribution in [2.24, 2.45) is 0 Å². The molecule has 1 aromatic rings. The van der Waals surface area contributed by atoms with E-state index in [1.165, 1.54) is 12.3 Å². The zero-order valence-corrected chi connectivity index (χ0v) is 11.4. The third-order valence-electron chi connectivity index (χ3n) is 2.29. The molecular weight excluding hydrogens is 304 g/mol. The van der Waals surface area contributed by atoms with E-state index in [2.05, 4.69) is 4.98 Å². The summed E-state index contributed by atoms with van der Waals surface area (Å²) in [6, 6.07) is 1.43. The van der Waals surface area contributed by atoms with Gasteiger partial charge in [-0.2, -0.15) is 13.2 Å². The molecule has 0 spiro atoms. The number of hydrogen-bond acceptors (Lipinski definition) is 3. The second-order valence-electron chi connectivity index (χ2n) is 3.99. The molecule has 0 aliphatic carbocycles. The molecule has 0 amide bonds. The number of hydrogen-bond donors (Lipinski definition) is 1. The van der Waals surface area contributed by atoms with Crippen LogP contribution in [0.1, 0.15) is 12.1 Å². The highest BCUT2D eigenvalue weighted by Crippen LogP contribution is 2.22. The topological polar surface area (TPSA) is 36.4 Å². The minimum atomic E-state index is -4.31. The highest BCUT2D eigenvalue weighted by Gasteiger charge is 2.30. The van der Waals surface area contributed by atoms with E-state index in [9.17, 15) is 13.2 Å². The molecule has 0 aliphatic heterocycles. The number of pyridine rings is 1. The molecule has 3 nitrogen and oxygen atoms in total. The first-order valence-electron chi connectivity index (χ1n) is 5.51. The Morgan fingerprint density at radius 2 is 2.00 bits per heavy atom. The van der Waals surface area contributed by atoms with Gasteiger partial charge in [0, 0.05) is 25.9 Å². The van der Waals surface area contributed by atoms with E-state index in [4.69, 9.17) is 28.3 Å². The smallest absolute Gasteiger partial charge is 0.396 e. The van der Waals surface area contributed by atoms with Crippen molar-refractivity contribution in [3.63, 3.8) is 0 Å². The summed E-state index contributed by atoms with van der Waals surface area (Å²) in [6.45, 7) is -1.18. The molecule has 0 saturated heterocycles. The van der Waals surface area contributed by atoms with Crippen molar-refractivity contribution in [3.8, 4) is 0 Å². The fraction of sp³-hybridized carbons (Fsp3) is 0.545. The van der Waals surface area contributed by atoms with Crippen molar-refractivity contribution in [1.29, 1.82) is 0 Å². The average molecular weight is 317 g/mol. The maximum Gasteiger partial charge on any atom is 0.401 e. The Kier molecular flexibility index (Phi) is 6.32. The summed E-state index contributed by atoms with van der Waals surface area (Å²) in [5.41, 5.74) is 0.327. The van der Waals surface area contributed by atoms with Gasteiger partial charge in [0.2, 0.25) is 0 Å². The van der Waals surface area contributed by atoms with Crippen LogP contribution in [-0.2, 0) is 6.54 Å². The first-order chi connectivity index (χ1) is 8.81. The van der Waals surface area contributed by atoms with Gasteiger partial charge in [-0.05, 0) is 12.5 Å². The van der Waals surface area contributed by atoms with Crippen molar-refractivity contribution in [3.05, 3.63) is 28.0 Å². The van der Waals surface area contributed by atoms with E-state index >= 15 is 0 Å². The minimum Gasteiger partial charge on any atom is -0.396 e. The van der Waals surface area contributed by atoms with Gasteiger partial charge in [-0.25, -0.2) is 0 Å². The fourth-order valence-electron chi connectivity index (χ4n) is 1.53. The highest BCUT2D eigenvalue weighted by molar-refractivity contribution is 6.34. The standard InChI is InChI=1S/C11H13Cl2F3N2O/c12-8-4-9(13)10(17-5-8)6-18(2-1-3-19)7-11(14,15)16/h4-5,19H,1-3,6-7H2. The van der Waals surface area contributed by atoms with Gasteiger partial charge in [0.25, 0.3) is 0 Å². The fourth-order valence-corrected chi connectivity index (χ4v) is 1.97. The third kappa shape index (κ3) is 6.42. The molecule has 0 bridgehead atoms. The summed E-state index contributed by atoms with van der Waals surface area (Å²) >= 11 is 11.5. The third-order valence-corrected chi connectivity index (χ3v) is 2.83. The molecule has 0 radical (unpaired) electrons. The lowest BCUT2D eigenvalue weighted by Crippen LogP contribution is -2.35. The van der Waals surface area contributed by atoms with E-state index in [1.807, 2.05) is 0 Å². The normalized spacial score (nSPS) is 12.2. The molecule has 1 rings (SSSR count). The van der Waals surface area contributed by atoms with Crippen molar-refractivity contribution >= 4 is 23.2 Å². The molecular formula is C11H13Cl2F3N2O. The van der Waals surface area contributed by atoms with E-state index in [1.54, 1.807) is 0 Å². The monoisotopic (exact) mass is 316 g/mol. The number of halogens is 5. The second-order valence-corrected chi connectivity index (χ2v) is 4.83. The lowest BCUT2D eigenvalue weighted by Gasteiger charge is -2.23. The van der Waals surface area contributed by atoms with E-state index in [-0.39, 0.29) is 31.1 Å². The predicted molar refractivity (Wildman–Crippen MR) is 67.3 cm³/mol. The van der Waals surface area contributed by atoms with E-state index in [0.29, 0.717) is 10.7 Å². The van der Waals surface area contributed by atoms with Crippen LogP contribution >= 0.6 is 23.2 Å². The van der Waals surface area contributed by atoms with Crippen LogP contribution in [0.25, 0.3) is 0 Å². The first kappa shape index (κ1) is 16.5. The molecule has 0 aliphatic rings. The molecule has 8 heteroatoms. The summed E-state index contributed by atoms with van der Waals surface area (Å²) < 4.78 is 37.3. The van der Waals surface area contributed by atoms with Gasteiger partial charge in [-0.1, -0.05) is 23.2 Å². The Morgan fingerprint density at radius 3 is 2.53 bits per heavy atom. The van der Waals surface area contributed by atoms with E-state index < -0.39 is 12.7 Å². The summed E-state index contributed by atoms with van der Waals surface area (Å²) in [5.74, 6) is 0. The molecule has 108 valence electrons. The summed E-state index contributed by atoms with van der Waals surface area (Å²) in [4.78, 5) is 5.06. The van der Waals surface area contributed by atoms with Crippen LogP contribution in [0.3, 0.4) is 0 Å². The Labute approximate surface area is 118 Å². The Bertz CT molecular complexity index is 415. The average Bonchev–Trinajstić information content (AvgIpc) is 2.27. The van der Waals surface area contributed by atoms with Crippen LogP contribution in [0.5, 0.6) is 0 Å². The van der Waals surface area contributed by atoms with Crippen molar-refractivity contribution in [2.45, 2.75) is 19.1 Å². The van der Waals surface area contributed by atoms with Gasteiger partial charge in [-0.3, -0.25) is 9.88 Å². The van der Waals surface area contributed by atoms with Gasteiger partial charge in [0.15, 0.2) is 0 Å². The van der Waals surface area contributed by atoms with Crippen LogP contribution in [0.15, 0.2) is 12.3 Å². The van der Waals surface area contributed by atoms with Crippen LogP contribution in [0.4, 0.5) is 13.2 Å². The van der Waals surface area contributed by atoms with Crippen LogP contribution in [0.2, 0.25) is 10.0 Å². The predicted octanol–water partition coefficient (Wildman–Crippen LogP) is 3.14. The highest BCUT2D eigenvalue weighted by atomic mass is 35.5. The molecule has 1 aromatic heterocycles. The quantitative estimate of drug-likeness (QED) is 0.876.